The first kappa shape index (κ1) is 13.2. The molecule has 2 saturated heterocycles. The molecule has 2 atom stereocenters. The lowest BCUT2D eigenvalue weighted by atomic mass is 10.1. The van der Waals surface area contributed by atoms with Crippen LogP contribution in [-0.4, -0.2) is 51.4 Å². The molecule has 0 N–H and O–H groups in total. The molecule has 2 aromatic heterocycles. The van der Waals surface area contributed by atoms with E-state index < -0.39 is 0 Å². The Morgan fingerprint density at radius 1 is 1.18 bits per heavy atom. The molecule has 2 aliphatic rings. The highest BCUT2D eigenvalue weighted by molar-refractivity contribution is 5.94. The molecule has 0 aliphatic carbocycles. The number of carbonyl (C=O) groups is 1. The Bertz CT molecular complexity index is 663. The van der Waals surface area contributed by atoms with Crippen molar-refractivity contribution in [3.63, 3.8) is 0 Å². The second-order valence-electron chi connectivity index (χ2n) is 5.83. The number of fused-ring (bicyclic) bond motifs is 1. The van der Waals surface area contributed by atoms with E-state index in [0.717, 1.165) is 31.9 Å². The first-order chi connectivity index (χ1) is 10.8. The summed E-state index contributed by atoms with van der Waals surface area (Å²) in [6.45, 7) is 2.64. The molecule has 112 valence electrons. The smallest absolute Gasteiger partial charge is 0.257 e. The second-order valence-corrected chi connectivity index (χ2v) is 5.83. The van der Waals surface area contributed by atoms with Crippen LogP contribution in [0.15, 0.2) is 43.1 Å². The summed E-state index contributed by atoms with van der Waals surface area (Å²) in [7, 11) is 0. The molecule has 4 heterocycles. The minimum absolute atomic E-state index is 0.0379. The zero-order valence-corrected chi connectivity index (χ0v) is 12.2. The van der Waals surface area contributed by atoms with Crippen LogP contribution < -0.4 is 4.90 Å². The lowest BCUT2D eigenvalue weighted by Crippen LogP contribution is -2.39. The molecule has 0 aromatic carbocycles. The van der Waals surface area contributed by atoms with Crippen LogP contribution in [-0.2, 0) is 0 Å². The van der Waals surface area contributed by atoms with Crippen LogP contribution in [0.3, 0.4) is 0 Å². The van der Waals surface area contributed by atoms with Gasteiger partial charge in [0.2, 0.25) is 0 Å². The van der Waals surface area contributed by atoms with Gasteiger partial charge < -0.3 is 9.80 Å². The summed E-state index contributed by atoms with van der Waals surface area (Å²) in [6, 6.07) is 6.21. The summed E-state index contributed by atoms with van der Waals surface area (Å²) in [4.78, 5) is 29.2. The van der Waals surface area contributed by atoms with E-state index in [1.54, 1.807) is 12.4 Å². The molecule has 6 nitrogen and oxygen atoms in total. The Kier molecular flexibility index (Phi) is 3.21. The number of anilines is 1. The van der Waals surface area contributed by atoms with Crippen molar-refractivity contribution in [2.45, 2.75) is 12.5 Å². The number of rotatable bonds is 2. The summed E-state index contributed by atoms with van der Waals surface area (Å²) in [5, 5.41) is 0. The van der Waals surface area contributed by atoms with Gasteiger partial charge in [0.15, 0.2) is 0 Å². The molecule has 2 unspecified atom stereocenters. The fraction of sp³-hybridized carbons (Fsp3) is 0.375. The van der Waals surface area contributed by atoms with Crippen molar-refractivity contribution >= 4 is 11.7 Å². The first-order valence-corrected chi connectivity index (χ1v) is 7.55. The maximum absolute atomic E-state index is 12.6. The molecule has 0 bridgehead atoms. The van der Waals surface area contributed by atoms with Crippen molar-refractivity contribution in [1.29, 1.82) is 0 Å². The summed E-state index contributed by atoms with van der Waals surface area (Å²) in [6.07, 6.45) is 7.49. The minimum atomic E-state index is 0.0379. The van der Waals surface area contributed by atoms with Crippen LogP contribution in [0.5, 0.6) is 0 Å². The third-order valence-electron chi connectivity index (χ3n) is 4.59. The molecule has 1 amide bonds. The zero-order valence-electron chi connectivity index (χ0n) is 12.2. The average molecular weight is 295 g/mol. The number of amides is 1. The monoisotopic (exact) mass is 295 g/mol. The van der Waals surface area contributed by atoms with Gasteiger partial charge in [-0.1, -0.05) is 6.07 Å². The van der Waals surface area contributed by atoms with E-state index in [2.05, 4.69) is 19.9 Å². The summed E-state index contributed by atoms with van der Waals surface area (Å²) in [5.74, 6) is 1.55. The van der Waals surface area contributed by atoms with E-state index in [1.807, 2.05) is 29.3 Å². The Labute approximate surface area is 128 Å². The predicted molar refractivity (Wildman–Crippen MR) is 81.4 cm³/mol. The van der Waals surface area contributed by atoms with Gasteiger partial charge in [-0.25, -0.2) is 15.0 Å². The molecule has 2 aromatic rings. The van der Waals surface area contributed by atoms with Gasteiger partial charge in [-0.15, -0.1) is 0 Å². The number of likely N-dealkylation sites (tertiary alicyclic amines) is 1. The maximum Gasteiger partial charge on any atom is 0.257 e. The van der Waals surface area contributed by atoms with Gasteiger partial charge in [-0.05, 0) is 18.6 Å². The molecule has 0 spiro atoms. The van der Waals surface area contributed by atoms with E-state index in [1.165, 1.54) is 6.33 Å². The van der Waals surface area contributed by atoms with Crippen LogP contribution in [0, 0.1) is 5.92 Å². The van der Waals surface area contributed by atoms with Crippen molar-refractivity contribution in [3.05, 3.63) is 48.7 Å². The number of pyridine rings is 1. The van der Waals surface area contributed by atoms with Crippen molar-refractivity contribution in [2.24, 2.45) is 5.92 Å². The molecule has 0 saturated carbocycles. The minimum Gasteiger partial charge on any atom is -0.354 e. The molecule has 6 heteroatoms. The van der Waals surface area contributed by atoms with E-state index >= 15 is 0 Å². The van der Waals surface area contributed by atoms with Gasteiger partial charge in [0, 0.05) is 44.1 Å². The van der Waals surface area contributed by atoms with Crippen LogP contribution in [0.1, 0.15) is 16.8 Å². The summed E-state index contributed by atoms with van der Waals surface area (Å²) < 4.78 is 0. The zero-order chi connectivity index (χ0) is 14.9. The van der Waals surface area contributed by atoms with Gasteiger partial charge in [-0.2, -0.15) is 0 Å². The lowest BCUT2D eigenvalue weighted by Gasteiger charge is -2.25. The van der Waals surface area contributed by atoms with Crippen LogP contribution >= 0.6 is 0 Å². The Morgan fingerprint density at radius 3 is 2.82 bits per heavy atom. The Hall–Kier alpha value is -2.50. The molecular weight excluding hydrogens is 278 g/mol. The standard InChI is InChI=1S/C16H17N5O/c22-16(13-7-17-11-18-8-13)21-6-4-12-9-20(10-14(12)21)15-3-1-2-5-19-15/h1-3,5,7-8,11-12,14H,4,6,9-10H2. The van der Waals surface area contributed by atoms with E-state index in [4.69, 9.17) is 0 Å². The van der Waals surface area contributed by atoms with E-state index in [-0.39, 0.29) is 11.9 Å². The second kappa shape index (κ2) is 5.36. The molecule has 0 radical (unpaired) electrons. The fourth-order valence-electron chi connectivity index (χ4n) is 3.52. The Morgan fingerprint density at radius 2 is 2.05 bits per heavy atom. The van der Waals surface area contributed by atoms with Gasteiger partial charge in [0.05, 0.1) is 11.6 Å². The van der Waals surface area contributed by atoms with Gasteiger partial charge >= 0.3 is 0 Å². The van der Waals surface area contributed by atoms with E-state index in [0.29, 0.717) is 11.5 Å². The van der Waals surface area contributed by atoms with Gasteiger partial charge in [0.1, 0.15) is 12.1 Å². The molecular formula is C16H17N5O. The van der Waals surface area contributed by atoms with Gasteiger partial charge in [0.25, 0.3) is 5.91 Å². The van der Waals surface area contributed by atoms with Crippen molar-refractivity contribution < 1.29 is 4.79 Å². The summed E-state index contributed by atoms with van der Waals surface area (Å²) in [5.41, 5.74) is 0.569. The largest absolute Gasteiger partial charge is 0.354 e. The summed E-state index contributed by atoms with van der Waals surface area (Å²) >= 11 is 0. The lowest BCUT2D eigenvalue weighted by molar-refractivity contribution is 0.0737. The quantitative estimate of drug-likeness (QED) is 0.833. The normalized spacial score (nSPS) is 23.6. The van der Waals surface area contributed by atoms with Crippen LogP contribution in [0.4, 0.5) is 5.82 Å². The molecule has 4 rings (SSSR count). The highest BCUT2D eigenvalue weighted by Gasteiger charge is 2.43. The number of carbonyl (C=O) groups excluding carboxylic acids is 1. The SMILES string of the molecule is O=C(c1cncnc1)N1CCC2CN(c3ccccn3)CC21. The van der Waals surface area contributed by atoms with Crippen molar-refractivity contribution in [3.8, 4) is 0 Å². The van der Waals surface area contributed by atoms with Gasteiger partial charge in [-0.3, -0.25) is 4.79 Å². The maximum atomic E-state index is 12.6. The topological polar surface area (TPSA) is 62.2 Å². The number of aromatic nitrogens is 3. The van der Waals surface area contributed by atoms with Crippen LogP contribution in [0.25, 0.3) is 0 Å². The molecule has 2 fully saturated rings. The van der Waals surface area contributed by atoms with E-state index in [9.17, 15) is 4.79 Å². The average Bonchev–Trinajstić information content (AvgIpc) is 3.16. The number of nitrogens with zero attached hydrogens (tertiary/aromatic N) is 5. The highest BCUT2D eigenvalue weighted by Crippen LogP contribution is 2.34. The molecule has 22 heavy (non-hydrogen) atoms. The van der Waals surface area contributed by atoms with Crippen molar-refractivity contribution in [2.75, 3.05) is 24.5 Å². The third-order valence-corrected chi connectivity index (χ3v) is 4.59. The first-order valence-electron chi connectivity index (χ1n) is 7.55. The Balaban J connectivity index is 1.52. The van der Waals surface area contributed by atoms with Crippen LogP contribution in [0.2, 0.25) is 0 Å². The third kappa shape index (κ3) is 2.20. The predicted octanol–water partition coefficient (Wildman–Crippen LogP) is 1.22. The number of hydrogen-bond acceptors (Lipinski definition) is 5. The molecule has 2 aliphatic heterocycles. The van der Waals surface area contributed by atoms with Crippen molar-refractivity contribution in [1.82, 2.24) is 19.9 Å². The fourth-order valence-corrected chi connectivity index (χ4v) is 3.52. The highest BCUT2D eigenvalue weighted by atomic mass is 16.2. The number of hydrogen-bond donors (Lipinski definition) is 0.